The number of methoxy groups -OCH3 is 4. The predicted octanol–water partition coefficient (Wildman–Crippen LogP) is 7.90. The molecule has 2 saturated heterocycles. The molecule has 0 amide bonds. The van der Waals surface area contributed by atoms with Gasteiger partial charge in [-0.2, -0.15) is 10.2 Å². The zero-order valence-electron chi connectivity index (χ0n) is 28.7. The highest BCUT2D eigenvalue weighted by Crippen LogP contribution is 2.53. The van der Waals surface area contributed by atoms with Gasteiger partial charge in [-0.05, 0) is 76.3 Å². The molecule has 0 aromatic heterocycles. The van der Waals surface area contributed by atoms with Crippen LogP contribution in [0.3, 0.4) is 0 Å². The van der Waals surface area contributed by atoms with Crippen LogP contribution in [0.5, 0.6) is 23.0 Å². The van der Waals surface area contributed by atoms with E-state index in [9.17, 15) is 0 Å². The normalized spacial score (nSPS) is 22.9. The Kier molecular flexibility index (Phi) is 9.91. The maximum Gasteiger partial charge on any atom is 0.118 e. The average molecular weight is 667 g/mol. The maximum atomic E-state index is 5.55. The third kappa shape index (κ3) is 6.72. The smallest absolute Gasteiger partial charge is 0.118 e. The van der Waals surface area contributed by atoms with Gasteiger partial charge >= 0.3 is 0 Å². The topological polar surface area (TPSA) is 85.7 Å². The molecule has 8 heteroatoms. The van der Waals surface area contributed by atoms with E-state index in [-0.39, 0.29) is 36.0 Å². The summed E-state index contributed by atoms with van der Waals surface area (Å²) in [4.78, 5) is 0. The van der Waals surface area contributed by atoms with Crippen molar-refractivity contribution in [3.8, 4) is 23.0 Å². The minimum Gasteiger partial charge on any atom is -0.497 e. The van der Waals surface area contributed by atoms with E-state index in [4.69, 9.17) is 29.2 Å². The molecule has 2 aliphatic heterocycles. The molecule has 5 aromatic carbocycles. The van der Waals surface area contributed by atoms with E-state index in [1.165, 1.54) is 0 Å². The minimum atomic E-state index is -0.119. The van der Waals surface area contributed by atoms with Gasteiger partial charge in [0.15, 0.2) is 0 Å². The molecule has 2 aliphatic rings. The number of hydrogen-bond donors (Lipinski definition) is 2. The lowest BCUT2D eigenvalue weighted by molar-refractivity contribution is 0.159. The van der Waals surface area contributed by atoms with Crippen molar-refractivity contribution in [2.45, 2.75) is 24.2 Å². The first-order chi connectivity index (χ1) is 24.6. The van der Waals surface area contributed by atoms with E-state index in [2.05, 4.69) is 59.2 Å². The van der Waals surface area contributed by atoms with Crippen molar-refractivity contribution in [2.75, 3.05) is 28.4 Å². The zero-order chi connectivity index (χ0) is 34.5. The number of ether oxygens (including phenoxy) is 4. The van der Waals surface area contributed by atoms with E-state index in [1.807, 2.05) is 85.1 Å². The molecular formula is C42H42N4O4. The summed E-state index contributed by atoms with van der Waals surface area (Å²) in [5.41, 5.74) is 6.56. The van der Waals surface area contributed by atoms with Gasteiger partial charge < -0.3 is 29.6 Å². The van der Waals surface area contributed by atoms with E-state index in [1.54, 1.807) is 28.4 Å². The SMILES string of the molecule is COc1ccc(C2NC(c3ccc(OC)cc3)C3C(=NN=Cc4ccccc4)C2C(c2ccc(OC)cc2)NC3c2ccc(OC)cc2)cc1. The summed E-state index contributed by atoms with van der Waals surface area (Å²) < 4.78 is 22.2. The molecule has 8 nitrogen and oxygen atoms in total. The molecule has 4 unspecified atom stereocenters. The number of rotatable bonds is 10. The molecule has 0 radical (unpaired) electrons. The largest absolute Gasteiger partial charge is 0.497 e. The fourth-order valence-electron chi connectivity index (χ4n) is 7.39. The van der Waals surface area contributed by atoms with Crippen molar-refractivity contribution in [1.82, 2.24) is 10.6 Å². The van der Waals surface area contributed by atoms with Gasteiger partial charge in [0.05, 0.1) is 40.4 Å². The van der Waals surface area contributed by atoms with Crippen molar-refractivity contribution in [2.24, 2.45) is 22.0 Å². The Morgan fingerprint density at radius 1 is 0.440 bits per heavy atom. The maximum absolute atomic E-state index is 5.55. The molecule has 2 N–H and O–H groups in total. The van der Waals surface area contributed by atoms with Gasteiger partial charge in [-0.1, -0.05) is 78.9 Å². The molecule has 0 aliphatic carbocycles. The van der Waals surface area contributed by atoms with Crippen LogP contribution in [0.2, 0.25) is 0 Å². The highest BCUT2D eigenvalue weighted by atomic mass is 16.5. The molecule has 2 heterocycles. The van der Waals surface area contributed by atoms with Crippen molar-refractivity contribution in [3.63, 3.8) is 0 Å². The molecule has 2 bridgehead atoms. The second kappa shape index (κ2) is 15.0. The molecule has 4 atom stereocenters. The van der Waals surface area contributed by atoms with Crippen LogP contribution >= 0.6 is 0 Å². The van der Waals surface area contributed by atoms with Crippen LogP contribution in [0.25, 0.3) is 0 Å². The second-order valence-corrected chi connectivity index (χ2v) is 12.6. The summed E-state index contributed by atoms with van der Waals surface area (Å²) in [7, 11) is 6.77. The first-order valence-corrected chi connectivity index (χ1v) is 16.8. The Morgan fingerprint density at radius 3 is 1.06 bits per heavy atom. The first kappa shape index (κ1) is 33.1. The van der Waals surface area contributed by atoms with Crippen LogP contribution in [0, 0.1) is 11.8 Å². The van der Waals surface area contributed by atoms with Crippen LogP contribution in [0.1, 0.15) is 52.0 Å². The Balaban J connectivity index is 1.44. The van der Waals surface area contributed by atoms with Crippen molar-refractivity contribution in [1.29, 1.82) is 0 Å². The number of hydrogen-bond acceptors (Lipinski definition) is 8. The van der Waals surface area contributed by atoms with Gasteiger partial charge in [0.2, 0.25) is 0 Å². The molecule has 5 aromatic rings. The Hall–Kier alpha value is -5.44. The van der Waals surface area contributed by atoms with Gasteiger partial charge in [0.25, 0.3) is 0 Å². The molecule has 0 spiro atoms. The van der Waals surface area contributed by atoms with Gasteiger partial charge in [0, 0.05) is 36.0 Å². The molecule has 0 saturated carbocycles. The lowest BCUT2D eigenvalue weighted by Crippen LogP contribution is -2.60. The number of nitrogens with zero attached hydrogens (tertiary/aromatic N) is 2. The summed E-state index contributed by atoms with van der Waals surface area (Å²) >= 11 is 0. The highest BCUT2D eigenvalue weighted by Gasteiger charge is 2.54. The minimum absolute atomic E-state index is 0.0984. The van der Waals surface area contributed by atoms with Crippen molar-refractivity contribution in [3.05, 3.63) is 155 Å². The fraction of sp³-hybridized carbons (Fsp3) is 0.238. The van der Waals surface area contributed by atoms with E-state index in [0.29, 0.717) is 0 Å². The van der Waals surface area contributed by atoms with Crippen molar-refractivity contribution >= 4 is 11.9 Å². The molecule has 50 heavy (non-hydrogen) atoms. The van der Waals surface area contributed by atoms with Crippen LogP contribution in [-0.2, 0) is 0 Å². The molecule has 2 fully saturated rings. The van der Waals surface area contributed by atoms with Gasteiger partial charge in [-0.25, -0.2) is 0 Å². The van der Waals surface area contributed by atoms with Crippen LogP contribution in [-0.4, -0.2) is 40.4 Å². The number of nitrogens with one attached hydrogen (secondary N) is 2. The quantitative estimate of drug-likeness (QED) is 0.117. The molecular weight excluding hydrogens is 624 g/mol. The standard InChI is InChI=1S/C42H42N4O4/c1-47-32-18-10-28(11-19-32)38-36-39(29-12-20-33(48-2)21-13-29)45-41(31-16-24-35(50-4)25-17-31)37(40(44-38)30-14-22-34(49-3)23-15-30)42(36)46-43-26-27-8-6-5-7-9-27/h5-26,36-41,44-45H,1-4H3. The summed E-state index contributed by atoms with van der Waals surface area (Å²) in [6, 6.07) is 43.0. The van der Waals surface area contributed by atoms with Gasteiger partial charge in [-0.15, -0.1) is 0 Å². The second-order valence-electron chi connectivity index (χ2n) is 12.6. The summed E-state index contributed by atoms with van der Waals surface area (Å²) in [6.45, 7) is 0. The summed E-state index contributed by atoms with van der Waals surface area (Å²) in [6.07, 6.45) is 1.84. The highest BCUT2D eigenvalue weighted by molar-refractivity contribution is 5.94. The average Bonchev–Trinajstić information content (AvgIpc) is 3.19. The predicted molar refractivity (Wildman–Crippen MR) is 198 cm³/mol. The third-order valence-electron chi connectivity index (χ3n) is 9.92. The fourth-order valence-corrected chi connectivity index (χ4v) is 7.39. The van der Waals surface area contributed by atoms with Crippen molar-refractivity contribution < 1.29 is 18.9 Å². The Bertz CT molecular complexity index is 1690. The summed E-state index contributed by atoms with van der Waals surface area (Å²) in [5, 5.41) is 18.3. The van der Waals surface area contributed by atoms with Crippen LogP contribution in [0.15, 0.2) is 138 Å². The van der Waals surface area contributed by atoms with E-state index >= 15 is 0 Å². The number of benzene rings is 5. The number of piperidine rings is 2. The van der Waals surface area contributed by atoms with Gasteiger partial charge in [0.1, 0.15) is 23.0 Å². The van der Waals surface area contributed by atoms with E-state index < -0.39 is 0 Å². The van der Waals surface area contributed by atoms with Crippen LogP contribution in [0.4, 0.5) is 0 Å². The lowest BCUT2D eigenvalue weighted by atomic mass is 9.63. The monoisotopic (exact) mass is 666 g/mol. The first-order valence-electron chi connectivity index (χ1n) is 16.8. The Labute approximate surface area is 293 Å². The lowest BCUT2D eigenvalue weighted by Gasteiger charge is -2.54. The zero-order valence-corrected chi connectivity index (χ0v) is 28.7. The molecule has 254 valence electrons. The summed E-state index contributed by atoms with van der Waals surface area (Å²) in [5.74, 6) is 3.04. The Morgan fingerprint density at radius 2 is 0.760 bits per heavy atom. The molecule has 7 rings (SSSR count). The van der Waals surface area contributed by atoms with Gasteiger partial charge in [-0.3, -0.25) is 0 Å². The van der Waals surface area contributed by atoms with Crippen LogP contribution < -0.4 is 29.6 Å². The number of fused-ring (bicyclic) bond motifs is 2. The van der Waals surface area contributed by atoms with E-state index in [0.717, 1.165) is 56.5 Å². The third-order valence-corrected chi connectivity index (χ3v) is 9.92.